The molecule has 0 N–H and O–H groups in total. The summed E-state index contributed by atoms with van der Waals surface area (Å²) >= 11 is 11.8. The summed E-state index contributed by atoms with van der Waals surface area (Å²) in [5, 5.41) is 0.256. The van der Waals surface area contributed by atoms with Crippen molar-refractivity contribution >= 4 is 41.0 Å². The minimum atomic E-state index is -1.19. The van der Waals surface area contributed by atoms with E-state index >= 15 is 0 Å². The van der Waals surface area contributed by atoms with E-state index in [9.17, 15) is 18.8 Å². The molecular weight excluding hydrogens is 384 g/mol. The van der Waals surface area contributed by atoms with Crippen LogP contribution in [0.2, 0.25) is 10.0 Å². The fourth-order valence-corrected chi connectivity index (χ4v) is 2.92. The number of amides is 2. The number of imide groups is 1. The molecule has 0 bridgehead atoms. The van der Waals surface area contributed by atoms with E-state index in [1.165, 1.54) is 37.3 Å². The van der Waals surface area contributed by atoms with Gasteiger partial charge in [0.1, 0.15) is 18.5 Å². The second kappa shape index (κ2) is 7.05. The lowest BCUT2D eigenvalue weighted by atomic mass is 10.1. The number of benzene rings is 2. The van der Waals surface area contributed by atoms with E-state index < -0.39 is 29.6 Å². The van der Waals surface area contributed by atoms with Crippen LogP contribution in [0.4, 0.5) is 4.39 Å². The fraction of sp³-hybridized carbons (Fsp3) is 0.167. The maximum Gasteiger partial charge on any atom is 0.329 e. The zero-order chi connectivity index (χ0) is 19.0. The maximum atomic E-state index is 13.6. The SMILES string of the molecule is C[C@@H](C(=O)OCc1ccccc1F)N1C(=O)c2cc(Cl)c(Cl)cc2C1=O. The smallest absolute Gasteiger partial charge is 0.329 e. The lowest BCUT2D eigenvalue weighted by molar-refractivity contribution is -0.149. The molecule has 0 unspecified atom stereocenters. The van der Waals surface area contributed by atoms with Gasteiger partial charge in [-0.1, -0.05) is 41.4 Å². The van der Waals surface area contributed by atoms with Crippen molar-refractivity contribution in [2.75, 3.05) is 0 Å². The number of rotatable bonds is 4. The highest BCUT2D eigenvalue weighted by Gasteiger charge is 2.42. The summed E-state index contributed by atoms with van der Waals surface area (Å²) in [7, 11) is 0. The zero-order valence-corrected chi connectivity index (χ0v) is 15.0. The Morgan fingerprint density at radius 2 is 1.65 bits per heavy atom. The summed E-state index contributed by atoms with van der Waals surface area (Å²) in [6, 6.07) is 7.22. The number of halogens is 3. The quantitative estimate of drug-likeness (QED) is 0.582. The van der Waals surface area contributed by atoms with Crippen LogP contribution in [-0.4, -0.2) is 28.7 Å². The Labute approximate surface area is 158 Å². The van der Waals surface area contributed by atoms with Crippen molar-refractivity contribution in [3.8, 4) is 0 Å². The summed E-state index contributed by atoms with van der Waals surface area (Å²) in [5.41, 5.74) is 0.324. The predicted octanol–water partition coefficient (Wildman–Crippen LogP) is 3.86. The topological polar surface area (TPSA) is 63.7 Å². The predicted molar refractivity (Wildman–Crippen MR) is 92.6 cm³/mol. The first-order valence-corrected chi connectivity index (χ1v) is 8.34. The van der Waals surface area contributed by atoms with Gasteiger partial charge in [-0.2, -0.15) is 0 Å². The molecule has 1 aliphatic heterocycles. The number of ether oxygens (including phenoxy) is 1. The van der Waals surface area contributed by atoms with Crippen molar-refractivity contribution < 1.29 is 23.5 Å². The van der Waals surface area contributed by atoms with Gasteiger partial charge in [0.25, 0.3) is 11.8 Å². The van der Waals surface area contributed by atoms with Gasteiger partial charge in [-0.05, 0) is 25.1 Å². The first-order chi connectivity index (χ1) is 12.3. The molecule has 1 atom stereocenters. The molecule has 1 aliphatic rings. The number of fused-ring (bicyclic) bond motifs is 1. The van der Waals surface area contributed by atoms with Crippen LogP contribution in [0.3, 0.4) is 0 Å². The molecule has 5 nitrogen and oxygen atoms in total. The third-order valence-electron chi connectivity index (χ3n) is 4.02. The van der Waals surface area contributed by atoms with E-state index in [0.29, 0.717) is 0 Å². The van der Waals surface area contributed by atoms with Crippen LogP contribution in [0.1, 0.15) is 33.2 Å². The van der Waals surface area contributed by atoms with Crippen molar-refractivity contribution in [1.29, 1.82) is 0 Å². The van der Waals surface area contributed by atoms with Crippen molar-refractivity contribution in [1.82, 2.24) is 4.90 Å². The fourth-order valence-electron chi connectivity index (χ4n) is 2.59. The minimum Gasteiger partial charge on any atom is -0.459 e. The second-order valence-corrected chi connectivity index (χ2v) is 6.48. The molecule has 0 saturated heterocycles. The van der Waals surface area contributed by atoms with E-state index in [2.05, 4.69) is 0 Å². The molecule has 0 spiro atoms. The lowest BCUT2D eigenvalue weighted by Crippen LogP contribution is -2.43. The molecule has 0 fully saturated rings. The molecule has 2 amide bonds. The molecule has 0 aromatic heterocycles. The van der Waals surface area contributed by atoms with Crippen LogP contribution >= 0.6 is 23.2 Å². The van der Waals surface area contributed by atoms with Gasteiger partial charge >= 0.3 is 5.97 Å². The Kier molecular flexibility index (Phi) is 4.98. The molecule has 2 aromatic carbocycles. The van der Waals surface area contributed by atoms with Gasteiger partial charge in [-0.3, -0.25) is 14.5 Å². The average molecular weight is 396 g/mol. The summed E-state index contributed by atoms with van der Waals surface area (Å²) in [5.74, 6) is -2.68. The first-order valence-electron chi connectivity index (χ1n) is 7.58. The van der Waals surface area contributed by atoms with Gasteiger partial charge in [-0.25, -0.2) is 9.18 Å². The van der Waals surface area contributed by atoms with Crippen LogP contribution in [0.15, 0.2) is 36.4 Å². The van der Waals surface area contributed by atoms with E-state index in [1.54, 1.807) is 6.07 Å². The first kappa shape index (κ1) is 18.4. The van der Waals surface area contributed by atoms with E-state index in [4.69, 9.17) is 27.9 Å². The summed E-state index contributed by atoms with van der Waals surface area (Å²) < 4.78 is 18.6. The summed E-state index contributed by atoms with van der Waals surface area (Å²) in [4.78, 5) is 38.0. The van der Waals surface area contributed by atoms with Gasteiger partial charge in [0, 0.05) is 5.56 Å². The molecule has 2 aromatic rings. The van der Waals surface area contributed by atoms with Crippen LogP contribution in [0, 0.1) is 5.82 Å². The van der Waals surface area contributed by atoms with Crippen molar-refractivity contribution in [3.05, 3.63) is 69.0 Å². The second-order valence-electron chi connectivity index (χ2n) is 5.67. The molecule has 0 saturated carbocycles. The highest BCUT2D eigenvalue weighted by Crippen LogP contribution is 2.32. The van der Waals surface area contributed by atoms with Gasteiger partial charge < -0.3 is 4.74 Å². The molecular formula is C18H12Cl2FNO4. The Morgan fingerprint density at radius 1 is 1.12 bits per heavy atom. The molecule has 3 rings (SSSR count). The van der Waals surface area contributed by atoms with E-state index in [1.807, 2.05) is 0 Å². The van der Waals surface area contributed by atoms with Gasteiger partial charge in [0.05, 0.1) is 21.2 Å². The lowest BCUT2D eigenvalue weighted by Gasteiger charge is -2.21. The number of carbonyl (C=O) groups excluding carboxylic acids is 3. The number of esters is 1. The van der Waals surface area contributed by atoms with Crippen LogP contribution in [0.5, 0.6) is 0 Å². The Balaban J connectivity index is 1.76. The van der Waals surface area contributed by atoms with Gasteiger partial charge in [0.2, 0.25) is 0 Å². The van der Waals surface area contributed by atoms with E-state index in [0.717, 1.165) is 4.90 Å². The monoisotopic (exact) mass is 395 g/mol. The molecule has 26 heavy (non-hydrogen) atoms. The molecule has 0 aliphatic carbocycles. The number of nitrogens with zero attached hydrogens (tertiary/aromatic N) is 1. The summed E-state index contributed by atoms with van der Waals surface area (Å²) in [6.07, 6.45) is 0. The average Bonchev–Trinajstić information content (AvgIpc) is 2.84. The zero-order valence-electron chi connectivity index (χ0n) is 13.5. The van der Waals surface area contributed by atoms with Crippen LogP contribution in [0.25, 0.3) is 0 Å². The van der Waals surface area contributed by atoms with Gasteiger partial charge in [-0.15, -0.1) is 0 Å². The van der Waals surface area contributed by atoms with Crippen molar-refractivity contribution in [3.63, 3.8) is 0 Å². The van der Waals surface area contributed by atoms with Crippen molar-refractivity contribution in [2.24, 2.45) is 0 Å². The Bertz CT molecular complexity index is 890. The minimum absolute atomic E-state index is 0.0677. The molecule has 134 valence electrons. The normalized spacial score (nSPS) is 14.4. The number of hydrogen-bond donors (Lipinski definition) is 0. The standard InChI is InChI=1S/C18H12Cl2FNO4/c1-9(18(25)26-8-10-4-2-3-5-15(10)21)22-16(23)11-6-13(19)14(20)7-12(11)17(22)24/h2-7,9H,8H2,1H3/t9-/m0/s1. The third-order valence-corrected chi connectivity index (χ3v) is 4.74. The van der Waals surface area contributed by atoms with Crippen LogP contribution in [-0.2, 0) is 16.1 Å². The van der Waals surface area contributed by atoms with Gasteiger partial charge in [0.15, 0.2) is 0 Å². The molecule has 1 heterocycles. The maximum absolute atomic E-state index is 13.6. The number of carbonyl (C=O) groups is 3. The largest absolute Gasteiger partial charge is 0.459 e. The Morgan fingerprint density at radius 3 is 2.19 bits per heavy atom. The van der Waals surface area contributed by atoms with Crippen LogP contribution < -0.4 is 0 Å². The van der Waals surface area contributed by atoms with E-state index in [-0.39, 0.29) is 33.3 Å². The highest BCUT2D eigenvalue weighted by molar-refractivity contribution is 6.43. The highest BCUT2D eigenvalue weighted by atomic mass is 35.5. The Hall–Kier alpha value is -2.44. The molecule has 0 radical (unpaired) electrons. The molecule has 8 heteroatoms. The third kappa shape index (κ3) is 3.18. The van der Waals surface area contributed by atoms with Crippen molar-refractivity contribution in [2.45, 2.75) is 19.6 Å². The summed E-state index contributed by atoms with van der Waals surface area (Å²) in [6.45, 7) is 1.05. The number of hydrogen-bond acceptors (Lipinski definition) is 4.